The van der Waals surface area contributed by atoms with Crippen LogP contribution in [0.15, 0.2) is 28.4 Å². The van der Waals surface area contributed by atoms with Gasteiger partial charge in [0.25, 0.3) is 5.56 Å². The molecular weight excluding hydrogens is 360 g/mol. The molecule has 0 aliphatic heterocycles. The average molecular weight is 376 g/mol. The Morgan fingerprint density at radius 3 is 2.80 bits per heavy atom. The largest absolute Gasteiger partial charge is 0.462 e. The van der Waals surface area contributed by atoms with Crippen LogP contribution >= 0.6 is 23.1 Å². The third-order valence-corrected chi connectivity index (χ3v) is 5.65. The monoisotopic (exact) mass is 376 g/mol. The molecule has 3 aromatic rings. The highest BCUT2D eigenvalue weighted by Crippen LogP contribution is 2.33. The molecule has 0 amide bonds. The molecule has 1 atom stereocenters. The number of rotatable bonds is 5. The number of aryl methyl sites for hydroxylation is 1. The van der Waals surface area contributed by atoms with Crippen LogP contribution in [-0.4, -0.2) is 32.5 Å². The van der Waals surface area contributed by atoms with Crippen molar-refractivity contribution in [3.8, 4) is 0 Å². The zero-order chi connectivity index (χ0) is 18.0. The number of thioether (sulfide) groups is 1. The van der Waals surface area contributed by atoms with Crippen molar-refractivity contribution in [1.82, 2.24) is 19.9 Å². The van der Waals surface area contributed by atoms with Gasteiger partial charge in [0.1, 0.15) is 15.5 Å². The Kier molecular flexibility index (Phi) is 5.14. The summed E-state index contributed by atoms with van der Waals surface area (Å²) in [5.74, 6) is 0.0932. The van der Waals surface area contributed by atoms with Gasteiger partial charge >= 0.3 is 5.97 Å². The smallest absolute Gasteiger partial charge is 0.348 e. The van der Waals surface area contributed by atoms with Crippen molar-refractivity contribution in [2.75, 3.05) is 6.61 Å². The van der Waals surface area contributed by atoms with Crippen molar-refractivity contribution in [3.63, 3.8) is 0 Å². The molecule has 0 saturated carbocycles. The summed E-state index contributed by atoms with van der Waals surface area (Å²) in [5.41, 5.74) is 0.344. The molecule has 9 heteroatoms. The fourth-order valence-corrected chi connectivity index (χ4v) is 4.17. The Hall–Kier alpha value is -2.26. The molecule has 0 fully saturated rings. The quantitative estimate of drug-likeness (QED) is 0.415. The molecule has 25 heavy (non-hydrogen) atoms. The summed E-state index contributed by atoms with van der Waals surface area (Å²) in [5, 5.41) is 0.894. The van der Waals surface area contributed by atoms with Crippen LogP contribution in [0.1, 0.15) is 40.2 Å². The zero-order valence-electron chi connectivity index (χ0n) is 13.9. The summed E-state index contributed by atoms with van der Waals surface area (Å²) in [6, 6.07) is 1.74. The number of nitrogens with zero attached hydrogens (tertiary/aromatic N) is 3. The molecule has 0 unspecified atom stereocenters. The Morgan fingerprint density at radius 1 is 1.40 bits per heavy atom. The molecule has 0 spiro atoms. The van der Waals surface area contributed by atoms with Crippen LogP contribution in [0.2, 0.25) is 0 Å². The summed E-state index contributed by atoms with van der Waals surface area (Å²) >= 11 is 2.58. The van der Waals surface area contributed by atoms with Gasteiger partial charge in [0.15, 0.2) is 5.16 Å². The number of ether oxygens (including phenoxy) is 1. The third-order valence-electron chi connectivity index (χ3n) is 3.49. The van der Waals surface area contributed by atoms with Crippen molar-refractivity contribution in [1.29, 1.82) is 0 Å². The second-order valence-electron chi connectivity index (χ2n) is 5.20. The Labute approximate surface area is 151 Å². The number of carbonyl (C=O) groups excluding carboxylic acids is 1. The van der Waals surface area contributed by atoms with E-state index in [4.69, 9.17) is 4.74 Å². The first-order valence-corrected chi connectivity index (χ1v) is 9.35. The molecule has 0 radical (unpaired) electrons. The van der Waals surface area contributed by atoms with Gasteiger partial charge in [-0.1, -0.05) is 11.8 Å². The minimum Gasteiger partial charge on any atom is -0.462 e. The minimum atomic E-state index is -0.427. The molecule has 0 saturated heterocycles. The summed E-state index contributed by atoms with van der Waals surface area (Å²) in [6.07, 6.45) is 3.32. The fourth-order valence-electron chi connectivity index (χ4n) is 2.30. The van der Waals surface area contributed by atoms with Crippen molar-refractivity contribution < 1.29 is 9.53 Å². The lowest BCUT2D eigenvalue weighted by atomic mass is 10.2. The van der Waals surface area contributed by atoms with E-state index < -0.39 is 5.97 Å². The molecule has 0 aliphatic carbocycles. The van der Waals surface area contributed by atoms with Crippen molar-refractivity contribution in [3.05, 3.63) is 45.1 Å². The second-order valence-corrected chi connectivity index (χ2v) is 7.51. The number of H-pyrrole nitrogens is 1. The van der Waals surface area contributed by atoms with Crippen molar-refractivity contribution in [2.45, 2.75) is 31.2 Å². The van der Waals surface area contributed by atoms with Gasteiger partial charge in [0, 0.05) is 12.4 Å². The predicted molar refractivity (Wildman–Crippen MR) is 97.2 cm³/mol. The first-order valence-electron chi connectivity index (χ1n) is 7.65. The van der Waals surface area contributed by atoms with E-state index in [2.05, 4.69) is 19.9 Å². The first kappa shape index (κ1) is 17.6. The topological polar surface area (TPSA) is 97.8 Å². The number of hydrogen-bond acceptors (Lipinski definition) is 8. The molecular formula is C16H16N4O3S2. The van der Waals surface area contributed by atoms with Gasteiger partial charge < -0.3 is 9.72 Å². The zero-order valence-corrected chi connectivity index (χ0v) is 15.5. The Bertz CT molecular complexity index is 969. The molecule has 130 valence electrons. The highest BCUT2D eigenvalue weighted by atomic mass is 32.2. The first-order chi connectivity index (χ1) is 12.0. The normalized spacial score (nSPS) is 12.3. The highest BCUT2D eigenvalue weighted by Gasteiger charge is 2.21. The Balaban J connectivity index is 1.98. The standard InChI is InChI=1S/C16H16N4O3S2/c1-4-23-15(22)11-8(2)10-13(21)19-12(20-14(10)25-11)9(3)24-16-17-6-5-7-18-16/h5-7,9H,4H2,1-3H3,(H,19,20,21)/t9-/m1/s1. The fraction of sp³-hybridized carbons (Fsp3) is 0.312. The van der Waals surface area contributed by atoms with Crippen LogP contribution in [0.5, 0.6) is 0 Å². The average Bonchev–Trinajstić information content (AvgIpc) is 2.93. The summed E-state index contributed by atoms with van der Waals surface area (Å²) in [6.45, 7) is 5.68. The number of aromatic nitrogens is 4. The van der Waals surface area contributed by atoms with Gasteiger partial charge in [-0.15, -0.1) is 11.3 Å². The minimum absolute atomic E-state index is 0.145. The lowest BCUT2D eigenvalue weighted by Crippen LogP contribution is -2.13. The lowest BCUT2D eigenvalue weighted by molar-refractivity contribution is 0.0531. The van der Waals surface area contributed by atoms with Gasteiger partial charge in [0.05, 0.1) is 17.2 Å². The molecule has 0 bridgehead atoms. The van der Waals surface area contributed by atoms with E-state index in [1.54, 1.807) is 32.3 Å². The third kappa shape index (κ3) is 3.57. The van der Waals surface area contributed by atoms with Gasteiger partial charge in [-0.25, -0.2) is 19.7 Å². The van der Waals surface area contributed by atoms with E-state index in [1.807, 2.05) is 6.92 Å². The number of nitrogens with one attached hydrogen (secondary N) is 1. The van der Waals surface area contributed by atoms with Crippen LogP contribution in [0.4, 0.5) is 0 Å². The molecule has 7 nitrogen and oxygen atoms in total. The summed E-state index contributed by atoms with van der Waals surface area (Å²) < 4.78 is 5.05. The number of hydrogen-bond donors (Lipinski definition) is 1. The molecule has 0 aromatic carbocycles. The molecule has 1 N–H and O–H groups in total. The number of aromatic amines is 1. The maximum absolute atomic E-state index is 12.5. The maximum atomic E-state index is 12.5. The van der Waals surface area contributed by atoms with E-state index in [0.29, 0.717) is 31.6 Å². The van der Waals surface area contributed by atoms with Gasteiger partial charge in [-0.05, 0) is 32.4 Å². The van der Waals surface area contributed by atoms with Crippen LogP contribution in [-0.2, 0) is 4.74 Å². The van der Waals surface area contributed by atoms with Gasteiger partial charge in [0.2, 0.25) is 0 Å². The molecule has 3 heterocycles. The predicted octanol–water partition coefficient (Wildman–Crippen LogP) is 3.11. The Morgan fingerprint density at radius 2 is 2.12 bits per heavy atom. The molecule has 3 aromatic heterocycles. The number of fused-ring (bicyclic) bond motifs is 1. The SMILES string of the molecule is CCOC(=O)c1sc2nc([C@@H](C)Sc3ncccn3)[nH]c(=O)c2c1C. The summed E-state index contributed by atoms with van der Waals surface area (Å²) in [4.78, 5) is 41.1. The van der Waals surface area contributed by atoms with E-state index >= 15 is 0 Å². The van der Waals surface area contributed by atoms with E-state index in [0.717, 1.165) is 0 Å². The van der Waals surface area contributed by atoms with Gasteiger partial charge in [-0.2, -0.15) is 0 Å². The lowest BCUT2D eigenvalue weighted by Gasteiger charge is -2.08. The second kappa shape index (κ2) is 7.32. The van der Waals surface area contributed by atoms with Crippen LogP contribution in [0.25, 0.3) is 10.2 Å². The molecule has 0 aliphatic rings. The highest BCUT2D eigenvalue weighted by molar-refractivity contribution is 7.99. The summed E-state index contributed by atoms with van der Waals surface area (Å²) in [7, 11) is 0. The van der Waals surface area contributed by atoms with Crippen LogP contribution < -0.4 is 5.56 Å². The van der Waals surface area contributed by atoms with Crippen molar-refractivity contribution in [2.24, 2.45) is 0 Å². The van der Waals surface area contributed by atoms with E-state index in [-0.39, 0.29) is 17.4 Å². The van der Waals surface area contributed by atoms with Crippen molar-refractivity contribution >= 4 is 39.3 Å². The van der Waals surface area contributed by atoms with Gasteiger partial charge in [-0.3, -0.25) is 4.79 Å². The van der Waals surface area contributed by atoms with Crippen LogP contribution in [0.3, 0.4) is 0 Å². The molecule has 3 rings (SSSR count). The number of carbonyl (C=O) groups is 1. The number of thiophene rings is 1. The van der Waals surface area contributed by atoms with E-state index in [1.165, 1.54) is 23.1 Å². The van der Waals surface area contributed by atoms with Crippen LogP contribution in [0, 0.1) is 6.92 Å². The maximum Gasteiger partial charge on any atom is 0.348 e. The number of esters is 1. The van der Waals surface area contributed by atoms with E-state index in [9.17, 15) is 9.59 Å².